The summed E-state index contributed by atoms with van der Waals surface area (Å²) in [5.74, 6) is -0.305. The summed E-state index contributed by atoms with van der Waals surface area (Å²) in [6.45, 7) is 2.92. The Morgan fingerprint density at radius 2 is 1.73 bits per heavy atom. The fourth-order valence-electron chi connectivity index (χ4n) is 4.64. The van der Waals surface area contributed by atoms with Gasteiger partial charge in [0.25, 0.3) is 0 Å². The minimum atomic E-state index is -4.38. The Bertz CT molecular complexity index is 1230. The lowest BCUT2D eigenvalue weighted by Crippen LogP contribution is -2.44. The number of hydrogen-bond donors (Lipinski definition) is 1. The second-order valence-electron chi connectivity index (χ2n) is 8.95. The molecule has 3 aromatic rings. The lowest BCUT2D eigenvalue weighted by Gasteiger charge is -2.32. The maximum Gasteiger partial charge on any atom is 0.416 e. The number of alkyl halides is 3. The number of amides is 2. The molecule has 3 aromatic carbocycles. The van der Waals surface area contributed by atoms with Crippen molar-refractivity contribution in [1.29, 1.82) is 0 Å². The molecule has 1 N–H and O–H groups in total. The zero-order valence-electron chi connectivity index (χ0n) is 20.6. The SMILES string of the molecule is CCOC(=O)CC[C@H](NC(=O)N1CCc2c(cccc2-c2ccc(C(F)(F)F)cc2)C1)c1ccccc1. The van der Waals surface area contributed by atoms with Crippen LogP contribution >= 0.6 is 0 Å². The number of fused-ring (bicyclic) bond motifs is 1. The number of urea groups is 1. The summed E-state index contributed by atoms with van der Waals surface area (Å²) >= 11 is 0. The topological polar surface area (TPSA) is 58.6 Å². The van der Waals surface area contributed by atoms with Gasteiger partial charge in [-0.05, 0) is 59.7 Å². The van der Waals surface area contributed by atoms with Crippen LogP contribution in [0.1, 0.15) is 48.1 Å². The van der Waals surface area contributed by atoms with Gasteiger partial charge in [0.2, 0.25) is 0 Å². The predicted molar refractivity (Wildman–Crippen MR) is 135 cm³/mol. The van der Waals surface area contributed by atoms with Gasteiger partial charge in [-0.15, -0.1) is 0 Å². The van der Waals surface area contributed by atoms with Crippen molar-refractivity contribution in [3.05, 3.63) is 95.1 Å². The van der Waals surface area contributed by atoms with Crippen LogP contribution in [0.15, 0.2) is 72.8 Å². The molecule has 5 nitrogen and oxygen atoms in total. The average Bonchev–Trinajstić information content (AvgIpc) is 2.90. The summed E-state index contributed by atoms with van der Waals surface area (Å²) in [6, 6.07) is 19.8. The normalized spacial score (nSPS) is 14.0. The molecule has 0 saturated carbocycles. The summed E-state index contributed by atoms with van der Waals surface area (Å²) in [5.41, 5.74) is 3.81. The maximum absolute atomic E-state index is 13.2. The van der Waals surface area contributed by atoms with E-state index in [0.29, 0.717) is 38.1 Å². The highest BCUT2D eigenvalue weighted by atomic mass is 19.4. The summed E-state index contributed by atoms with van der Waals surface area (Å²) in [6.07, 6.45) is -3.20. The lowest BCUT2D eigenvalue weighted by molar-refractivity contribution is -0.143. The van der Waals surface area contributed by atoms with Crippen LogP contribution in [0.5, 0.6) is 0 Å². The van der Waals surface area contributed by atoms with Crippen LogP contribution in [0.4, 0.5) is 18.0 Å². The van der Waals surface area contributed by atoms with Crippen molar-refractivity contribution < 1.29 is 27.5 Å². The van der Waals surface area contributed by atoms with Gasteiger partial charge in [0.15, 0.2) is 0 Å². The standard InChI is InChI=1S/C29H29F3N2O3/c1-2-37-27(35)16-15-26(21-7-4-3-5-8-21)33-28(36)34-18-17-25-22(19-34)9-6-10-24(25)20-11-13-23(14-12-20)29(30,31)32/h3-14,26H,2,15-19H2,1H3,(H,33,36)/t26-/m0/s1. The number of benzene rings is 3. The Morgan fingerprint density at radius 3 is 2.41 bits per heavy atom. The molecular weight excluding hydrogens is 481 g/mol. The molecule has 0 fully saturated rings. The molecule has 0 radical (unpaired) electrons. The lowest BCUT2D eigenvalue weighted by atomic mass is 9.90. The van der Waals surface area contributed by atoms with Crippen LogP contribution in [0.25, 0.3) is 11.1 Å². The Kier molecular flexibility index (Phi) is 8.16. The van der Waals surface area contributed by atoms with Crippen LogP contribution in [0.3, 0.4) is 0 Å². The van der Waals surface area contributed by atoms with Gasteiger partial charge in [-0.3, -0.25) is 4.79 Å². The van der Waals surface area contributed by atoms with Crippen LogP contribution in [0.2, 0.25) is 0 Å². The van der Waals surface area contributed by atoms with E-state index in [2.05, 4.69) is 5.32 Å². The molecule has 1 aliphatic rings. The number of rotatable bonds is 7. The molecular formula is C29H29F3N2O3. The second kappa shape index (κ2) is 11.5. The predicted octanol–water partition coefficient (Wildman–Crippen LogP) is 6.52. The zero-order valence-corrected chi connectivity index (χ0v) is 20.6. The highest BCUT2D eigenvalue weighted by molar-refractivity contribution is 5.76. The van der Waals surface area contributed by atoms with Gasteiger partial charge in [0.1, 0.15) is 0 Å². The quantitative estimate of drug-likeness (QED) is 0.368. The molecule has 0 bridgehead atoms. The smallest absolute Gasteiger partial charge is 0.416 e. The summed E-state index contributed by atoms with van der Waals surface area (Å²) in [7, 11) is 0. The number of esters is 1. The summed E-state index contributed by atoms with van der Waals surface area (Å²) < 4.78 is 43.9. The zero-order chi connectivity index (χ0) is 26.4. The van der Waals surface area contributed by atoms with Crippen LogP contribution < -0.4 is 5.32 Å². The van der Waals surface area contributed by atoms with Crippen molar-refractivity contribution >= 4 is 12.0 Å². The largest absolute Gasteiger partial charge is 0.466 e. The molecule has 0 saturated heterocycles. The molecule has 194 valence electrons. The molecule has 4 rings (SSSR count). The van der Waals surface area contributed by atoms with Crippen LogP contribution in [0, 0.1) is 0 Å². The van der Waals surface area contributed by atoms with E-state index in [1.807, 2.05) is 48.5 Å². The first-order valence-electron chi connectivity index (χ1n) is 12.3. The number of carbonyl (C=O) groups is 2. The number of nitrogens with zero attached hydrogens (tertiary/aromatic N) is 1. The van der Waals surface area contributed by atoms with E-state index in [9.17, 15) is 22.8 Å². The van der Waals surface area contributed by atoms with E-state index >= 15 is 0 Å². The van der Waals surface area contributed by atoms with Gasteiger partial charge in [-0.25, -0.2) is 4.79 Å². The molecule has 0 aliphatic carbocycles. The first kappa shape index (κ1) is 26.3. The Labute approximate surface area is 214 Å². The molecule has 0 unspecified atom stereocenters. The molecule has 0 aromatic heterocycles. The first-order valence-corrected chi connectivity index (χ1v) is 12.3. The maximum atomic E-state index is 13.2. The first-order chi connectivity index (χ1) is 17.8. The number of nitrogens with one attached hydrogen (secondary N) is 1. The summed E-state index contributed by atoms with van der Waals surface area (Å²) in [5, 5.41) is 3.07. The highest BCUT2D eigenvalue weighted by Crippen LogP contribution is 2.34. The van der Waals surface area contributed by atoms with E-state index in [-0.39, 0.29) is 24.5 Å². The Balaban J connectivity index is 1.48. The Morgan fingerprint density at radius 1 is 1.00 bits per heavy atom. The Hall–Kier alpha value is -3.81. The minimum absolute atomic E-state index is 0.188. The number of carbonyl (C=O) groups excluding carboxylic acids is 2. The van der Waals surface area contributed by atoms with E-state index in [4.69, 9.17) is 4.74 Å². The fourth-order valence-corrected chi connectivity index (χ4v) is 4.64. The van der Waals surface area contributed by atoms with Gasteiger partial charge in [0, 0.05) is 19.5 Å². The number of hydrogen-bond acceptors (Lipinski definition) is 3. The van der Waals surface area contributed by atoms with Gasteiger partial charge >= 0.3 is 18.2 Å². The molecule has 1 heterocycles. The third-order valence-electron chi connectivity index (χ3n) is 6.52. The minimum Gasteiger partial charge on any atom is -0.466 e. The molecule has 1 aliphatic heterocycles. The van der Waals surface area contributed by atoms with E-state index in [0.717, 1.165) is 34.4 Å². The number of ether oxygens (including phenoxy) is 1. The van der Waals surface area contributed by atoms with Crippen molar-refractivity contribution in [2.45, 2.75) is 44.9 Å². The molecule has 1 atom stereocenters. The highest BCUT2D eigenvalue weighted by Gasteiger charge is 2.30. The average molecular weight is 511 g/mol. The van der Waals surface area contributed by atoms with Crippen molar-refractivity contribution in [1.82, 2.24) is 10.2 Å². The van der Waals surface area contributed by atoms with Crippen LogP contribution in [-0.4, -0.2) is 30.1 Å². The second-order valence-corrected chi connectivity index (χ2v) is 8.95. The van der Waals surface area contributed by atoms with E-state index < -0.39 is 11.7 Å². The van der Waals surface area contributed by atoms with Gasteiger partial charge < -0.3 is 15.0 Å². The third-order valence-corrected chi connectivity index (χ3v) is 6.52. The van der Waals surface area contributed by atoms with Crippen molar-refractivity contribution in [2.24, 2.45) is 0 Å². The summed E-state index contributed by atoms with van der Waals surface area (Å²) in [4.78, 5) is 26.9. The monoisotopic (exact) mass is 510 g/mol. The number of halogens is 3. The third kappa shape index (κ3) is 6.50. The fraction of sp³-hybridized carbons (Fsp3) is 0.310. The van der Waals surface area contributed by atoms with Crippen LogP contribution in [-0.2, 0) is 28.7 Å². The van der Waals surface area contributed by atoms with E-state index in [1.165, 1.54) is 12.1 Å². The van der Waals surface area contributed by atoms with Crippen molar-refractivity contribution in [3.8, 4) is 11.1 Å². The van der Waals surface area contributed by atoms with Gasteiger partial charge in [0.05, 0.1) is 18.2 Å². The van der Waals surface area contributed by atoms with Crippen molar-refractivity contribution in [2.75, 3.05) is 13.2 Å². The molecule has 0 spiro atoms. The molecule has 2 amide bonds. The van der Waals surface area contributed by atoms with Gasteiger partial charge in [-0.1, -0.05) is 60.7 Å². The van der Waals surface area contributed by atoms with Crippen molar-refractivity contribution in [3.63, 3.8) is 0 Å². The van der Waals surface area contributed by atoms with Gasteiger partial charge in [-0.2, -0.15) is 13.2 Å². The molecule has 37 heavy (non-hydrogen) atoms. The molecule has 8 heteroatoms. The van der Waals surface area contributed by atoms with E-state index in [1.54, 1.807) is 11.8 Å².